The Balaban J connectivity index is 2.33. The van der Waals surface area contributed by atoms with E-state index in [1.807, 2.05) is 0 Å². The molecule has 0 atom stereocenters. The van der Waals surface area contributed by atoms with Crippen LogP contribution in [0.2, 0.25) is 0 Å². The lowest BCUT2D eigenvalue weighted by atomic mass is 10.2. The molecule has 10 nitrogen and oxygen atoms in total. The molecule has 0 fully saturated rings. The molecule has 0 saturated heterocycles. The van der Waals surface area contributed by atoms with Crippen LogP contribution >= 0.6 is 0 Å². The van der Waals surface area contributed by atoms with Crippen molar-refractivity contribution in [1.82, 2.24) is 5.06 Å². The van der Waals surface area contributed by atoms with Gasteiger partial charge in [-0.3, -0.25) is 24.5 Å². The SMILES string of the molecule is COc1ccc([N+](=O)[O-])cc1NS(=O)(=O)c1ccc(C(=O)N(C)OC)cc1. The molecule has 0 unspecified atom stereocenters. The smallest absolute Gasteiger partial charge is 0.277 e. The minimum Gasteiger partial charge on any atom is -0.495 e. The third-order valence-corrected chi connectivity index (χ3v) is 4.99. The van der Waals surface area contributed by atoms with Gasteiger partial charge in [0.2, 0.25) is 0 Å². The molecule has 0 spiro atoms. The van der Waals surface area contributed by atoms with Crippen molar-refractivity contribution in [1.29, 1.82) is 0 Å². The van der Waals surface area contributed by atoms with E-state index in [1.54, 1.807) is 0 Å². The summed E-state index contributed by atoms with van der Waals surface area (Å²) in [5.41, 5.74) is -0.144. The van der Waals surface area contributed by atoms with Gasteiger partial charge in [-0.1, -0.05) is 0 Å². The van der Waals surface area contributed by atoms with Crippen molar-refractivity contribution in [3.05, 3.63) is 58.1 Å². The second kappa shape index (κ2) is 8.01. The molecule has 0 radical (unpaired) electrons. The Morgan fingerprint density at radius 3 is 2.30 bits per heavy atom. The number of non-ortho nitro benzene ring substituents is 1. The molecule has 27 heavy (non-hydrogen) atoms. The summed E-state index contributed by atoms with van der Waals surface area (Å²) in [6, 6.07) is 8.68. The van der Waals surface area contributed by atoms with E-state index in [-0.39, 0.29) is 27.6 Å². The summed E-state index contributed by atoms with van der Waals surface area (Å²) < 4.78 is 32.4. The number of hydrogen-bond donors (Lipinski definition) is 1. The van der Waals surface area contributed by atoms with Crippen LogP contribution in [0.4, 0.5) is 11.4 Å². The van der Waals surface area contributed by atoms with Crippen LogP contribution in [-0.4, -0.2) is 45.6 Å². The van der Waals surface area contributed by atoms with E-state index in [2.05, 4.69) is 4.72 Å². The molecule has 0 bridgehead atoms. The second-order valence-corrected chi connectivity index (χ2v) is 6.94. The first kappa shape index (κ1) is 20.1. The number of hydroxylamine groups is 2. The topological polar surface area (TPSA) is 128 Å². The molecule has 2 aromatic carbocycles. The van der Waals surface area contributed by atoms with Gasteiger partial charge in [0.05, 0.1) is 29.7 Å². The molecule has 144 valence electrons. The molecule has 0 aliphatic carbocycles. The van der Waals surface area contributed by atoms with E-state index in [1.165, 1.54) is 57.7 Å². The van der Waals surface area contributed by atoms with Crippen LogP contribution in [-0.2, 0) is 14.9 Å². The van der Waals surface area contributed by atoms with Crippen molar-refractivity contribution in [2.75, 3.05) is 26.0 Å². The summed E-state index contributed by atoms with van der Waals surface area (Å²) in [6.07, 6.45) is 0. The van der Waals surface area contributed by atoms with E-state index in [0.29, 0.717) is 0 Å². The molecular formula is C16H17N3O7S. The normalized spacial score (nSPS) is 10.9. The number of sulfonamides is 1. The van der Waals surface area contributed by atoms with Crippen molar-refractivity contribution in [3.8, 4) is 5.75 Å². The molecule has 0 aliphatic rings. The molecule has 11 heteroatoms. The van der Waals surface area contributed by atoms with Crippen molar-refractivity contribution in [2.24, 2.45) is 0 Å². The fourth-order valence-corrected chi connectivity index (χ4v) is 3.20. The minimum atomic E-state index is -4.07. The number of ether oxygens (including phenoxy) is 1. The van der Waals surface area contributed by atoms with Gasteiger partial charge < -0.3 is 4.74 Å². The molecule has 0 heterocycles. The summed E-state index contributed by atoms with van der Waals surface area (Å²) in [6.45, 7) is 0. The Bertz CT molecular complexity index is 958. The second-order valence-electron chi connectivity index (χ2n) is 5.26. The minimum absolute atomic E-state index is 0.0778. The van der Waals surface area contributed by atoms with Crippen LogP contribution < -0.4 is 9.46 Å². The van der Waals surface area contributed by atoms with Gasteiger partial charge in [-0.05, 0) is 30.3 Å². The van der Waals surface area contributed by atoms with Crippen LogP contribution in [0.25, 0.3) is 0 Å². The predicted molar refractivity (Wildman–Crippen MR) is 96.0 cm³/mol. The summed E-state index contributed by atoms with van der Waals surface area (Å²) in [5, 5.41) is 11.9. The zero-order valence-corrected chi connectivity index (χ0v) is 15.5. The lowest BCUT2D eigenvalue weighted by molar-refractivity contribution is -0.384. The Hall–Kier alpha value is -3.18. The maximum Gasteiger partial charge on any atom is 0.277 e. The summed E-state index contributed by atoms with van der Waals surface area (Å²) in [7, 11) is -0.00798. The van der Waals surface area contributed by atoms with Crippen molar-refractivity contribution in [3.63, 3.8) is 0 Å². The summed E-state index contributed by atoms with van der Waals surface area (Å²) >= 11 is 0. The average Bonchev–Trinajstić information content (AvgIpc) is 2.66. The van der Waals surface area contributed by atoms with Crippen molar-refractivity contribution in [2.45, 2.75) is 4.90 Å². The fraction of sp³-hybridized carbons (Fsp3) is 0.188. The lowest BCUT2D eigenvalue weighted by Crippen LogP contribution is -2.25. The number of nitro groups is 1. The molecule has 1 N–H and O–H groups in total. The number of rotatable bonds is 7. The zero-order chi connectivity index (χ0) is 20.2. The quantitative estimate of drug-likeness (QED) is 0.561. The molecular weight excluding hydrogens is 378 g/mol. The number of nitro benzene ring substituents is 1. The van der Waals surface area contributed by atoms with E-state index in [9.17, 15) is 23.3 Å². The fourth-order valence-electron chi connectivity index (χ4n) is 2.13. The number of hydrogen-bond acceptors (Lipinski definition) is 7. The van der Waals surface area contributed by atoms with Gasteiger partial charge in [0.25, 0.3) is 21.6 Å². The first-order valence-electron chi connectivity index (χ1n) is 7.47. The highest BCUT2D eigenvalue weighted by atomic mass is 32.2. The third kappa shape index (κ3) is 4.51. The van der Waals surface area contributed by atoms with Crippen molar-refractivity contribution < 1.29 is 27.7 Å². The maximum absolute atomic E-state index is 12.6. The number of amides is 1. The van der Waals surface area contributed by atoms with Crippen LogP contribution in [0.1, 0.15) is 10.4 Å². The molecule has 2 aromatic rings. The Labute approximate surface area is 155 Å². The highest BCUT2D eigenvalue weighted by Gasteiger charge is 2.20. The van der Waals surface area contributed by atoms with Gasteiger partial charge in [-0.15, -0.1) is 0 Å². The first-order valence-corrected chi connectivity index (χ1v) is 8.95. The number of anilines is 1. The van der Waals surface area contributed by atoms with E-state index < -0.39 is 20.9 Å². The van der Waals surface area contributed by atoms with Crippen LogP contribution in [0.15, 0.2) is 47.4 Å². The molecule has 0 aliphatic heterocycles. The van der Waals surface area contributed by atoms with E-state index in [0.717, 1.165) is 11.1 Å². The van der Waals surface area contributed by atoms with Crippen molar-refractivity contribution >= 4 is 27.3 Å². The maximum atomic E-state index is 12.6. The average molecular weight is 395 g/mol. The van der Waals surface area contributed by atoms with Crippen LogP contribution in [0.3, 0.4) is 0 Å². The standard InChI is InChI=1S/C16H17N3O7S/c1-18(26-3)16(20)11-4-7-13(8-5-11)27(23,24)17-14-10-12(19(21)22)6-9-15(14)25-2/h4-10,17H,1-3H3. The number of carbonyl (C=O) groups is 1. The number of benzene rings is 2. The number of nitrogens with zero attached hydrogens (tertiary/aromatic N) is 2. The molecule has 1 amide bonds. The highest BCUT2D eigenvalue weighted by Crippen LogP contribution is 2.30. The summed E-state index contributed by atoms with van der Waals surface area (Å²) in [4.78, 5) is 26.9. The first-order chi connectivity index (χ1) is 12.7. The van der Waals surface area contributed by atoms with Gasteiger partial charge in [0.15, 0.2) is 0 Å². The Morgan fingerprint density at radius 1 is 1.15 bits per heavy atom. The monoisotopic (exact) mass is 395 g/mol. The zero-order valence-electron chi connectivity index (χ0n) is 14.7. The van der Waals surface area contributed by atoms with Gasteiger partial charge in [-0.25, -0.2) is 13.5 Å². The molecule has 2 rings (SSSR count). The molecule has 0 saturated carbocycles. The third-order valence-electron chi connectivity index (χ3n) is 3.61. The predicted octanol–water partition coefficient (Wildman–Crippen LogP) is 2.04. The highest BCUT2D eigenvalue weighted by molar-refractivity contribution is 7.92. The molecule has 0 aromatic heterocycles. The number of nitrogens with one attached hydrogen (secondary N) is 1. The van der Waals surface area contributed by atoms with Crippen LogP contribution in [0, 0.1) is 10.1 Å². The Morgan fingerprint density at radius 2 is 1.78 bits per heavy atom. The Kier molecular flexibility index (Phi) is 5.98. The summed E-state index contributed by atoms with van der Waals surface area (Å²) in [5.74, 6) is -0.326. The van der Waals surface area contributed by atoms with E-state index >= 15 is 0 Å². The number of carbonyl (C=O) groups excluding carboxylic acids is 1. The van der Waals surface area contributed by atoms with Gasteiger partial charge >= 0.3 is 0 Å². The van der Waals surface area contributed by atoms with E-state index in [4.69, 9.17) is 9.57 Å². The van der Waals surface area contributed by atoms with Gasteiger partial charge in [0.1, 0.15) is 5.75 Å². The largest absolute Gasteiger partial charge is 0.495 e. The lowest BCUT2D eigenvalue weighted by Gasteiger charge is -2.14. The van der Waals surface area contributed by atoms with Gasteiger partial charge in [0, 0.05) is 24.7 Å². The van der Waals surface area contributed by atoms with Crippen LogP contribution in [0.5, 0.6) is 5.75 Å². The van der Waals surface area contributed by atoms with Gasteiger partial charge in [-0.2, -0.15) is 0 Å². The number of methoxy groups -OCH3 is 1.